The number of benzene rings is 1. The van der Waals surface area contributed by atoms with Crippen LogP contribution >= 0.6 is 11.6 Å². The highest BCUT2D eigenvalue weighted by molar-refractivity contribution is 6.29. The summed E-state index contributed by atoms with van der Waals surface area (Å²) in [4.78, 5) is 3.81. The normalized spacial score (nSPS) is 10.2. The van der Waals surface area contributed by atoms with E-state index in [2.05, 4.69) is 4.98 Å². The first kappa shape index (κ1) is 10.9. The van der Waals surface area contributed by atoms with Crippen molar-refractivity contribution in [3.05, 3.63) is 53.1 Å². The maximum atomic E-state index is 13.5. The van der Waals surface area contributed by atoms with Gasteiger partial charge in [0.15, 0.2) is 11.6 Å². The van der Waals surface area contributed by atoms with Gasteiger partial charge in [-0.2, -0.15) is 0 Å². The molecule has 0 saturated carbocycles. The SMILES string of the molecule is Cc1ccc(Oc2ccnc(Cl)c2)c(F)c1. The Bertz CT molecular complexity index is 516. The Morgan fingerprint density at radius 2 is 2.06 bits per heavy atom. The summed E-state index contributed by atoms with van der Waals surface area (Å²) in [6, 6.07) is 7.92. The van der Waals surface area contributed by atoms with E-state index in [9.17, 15) is 4.39 Å². The van der Waals surface area contributed by atoms with Crippen LogP contribution in [0.3, 0.4) is 0 Å². The maximum absolute atomic E-state index is 13.5. The van der Waals surface area contributed by atoms with E-state index in [1.165, 1.54) is 18.3 Å². The minimum atomic E-state index is -0.395. The first-order valence-electron chi connectivity index (χ1n) is 4.71. The Labute approximate surface area is 97.7 Å². The van der Waals surface area contributed by atoms with Gasteiger partial charge in [-0.3, -0.25) is 0 Å². The number of pyridine rings is 1. The van der Waals surface area contributed by atoms with Gasteiger partial charge in [0.1, 0.15) is 10.9 Å². The highest BCUT2D eigenvalue weighted by atomic mass is 35.5. The number of hydrogen-bond acceptors (Lipinski definition) is 2. The third-order valence-corrected chi connectivity index (χ3v) is 2.22. The van der Waals surface area contributed by atoms with Gasteiger partial charge < -0.3 is 4.74 Å². The summed E-state index contributed by atoms with van der Waals surface area (Å²) in [5, 5.41) is 0.310. The van der Waals surface area contributed by atoms with Crippen molar-refractivity contribution < 1.29 is 9.13 Å². The van der Waals surface area contributed by atoms with Crippen LogP contribution in [0.5, 0.6) is 11.5 Å². The molecule has 0 amide bonds. The molecule has 82 valence electrons. The van der Waals surface area contributed by atoms with Gasteiger partial charge in [0, 0.05) is 12.3 Å². The number of aryl methyl sites for hydroxylation is 1. The molecule has 0 spiro atoms. The van der Waals surface area contributed by atoms with Crippen LogP contribution in [0.15, 0.2) is 36.5 Å². The summed E-state index contributed by atoms with van der Waals surface area (Å²) >= 11 is 5.69. The van der Waals surface area contributed by atoms with Crippen molar-refractivity contribution >= 4 is 11.6 Å². The lowest BCUT2D eigenvalue weighted by Crippen LogP contribution is -1.89. The van der Waals surface area contributed by atoms with Crippen molar-refractivity contribution in [1.29, 1.82) is 0 Å². The van der Waals surface area contributed by atoms with Crippen molar-refractivity contribution in [2.75, 3.05) is 0 Å². The molecule has 1 aromatic heterocycles. The zero-order valence-electron chi connectivity index (χ0n) is 8.58. The number of halogens is 2. The van der Waals surface area contributed by atoms with Gasteiger partial charge in [0.2, 0.25) is 0 Å². The standard InChI is InChI=1S/C12H9ClFNO/c1-8-2-3-11(10(14)6-8)16-9-4-5-15-12(13)7-9/h2-7H,1H3. The average molecular weight is 238 g/mol. The number of nitrogens with zero attached hydrogens (tertiary/aromatic N) is 1. The molecule has 0 aliphatic rings. The highest BCUT2D eigenvalue weighted by Crippen LogP contribution is 2.25. The summed E-state index contributed by atoms with van der Waals surface area (Å²) in [5.41, 5.74) is 0.845. The van der Waals surface area contributed by atoms with Gasteiger partial charge in [-0.25, -0.2) is 9.37 Å². The fraction of sp³-hybridized carbons (Fsp3) is 0.0833. The van der Waals surface area contributed by atoms with E-state index in [4.69, 9.17) is 16.3 Å². The van der Waals surface area contributed by atoms with Gasteiger partial charge in [-0.1, -0.05) is 17.7 Å². The van der Waals surface area contributed by atoms with E-state index in [1.54, 1.807) is 18.2 Å². The van der Waals surface area contributed by atoms with Crippen LogP contribution in [0.4, 0.5) is 4.39 Å². The summed E-state index contributed by atoms with van der Waals surface area (Å²) in [6.45, 7) is 1.82. The number of aromatic nitrogens is 1. The molecular weight excluding hydrogens is 229 g/mol. The first-order valence-corrected chi connectivity index (χ1v) is 5.08. The largest absolute Gasteiger partial charge is 0.454 e. The molecule has 0 saturated heterocycles. The average Bonchev–Trinajstić information content (AvgIpc) is 2.22. The van der Waals surface area contributed by atoms with Crippen LogP contribution in [0, 0.1) is 12.7 Å². The third-order valence-electron chi connectivity index (χ3n) is 2.01. The molecule has 0 unspecified atom stereocenters. The lowest BCUT2D eigenvalue weighted by Gasteiger charge is -2.06. The molecule has 0 radical (unpaired) electrons. The van der Waals surface area contributed by atoms with Crippen LogP contribution in [0.2, 0.25) is 5.15 Å². The smallest absolute Gasteiger partial charge is 0.165 e. The second kappa shape index (κ2) is 4.49. The maximum Gasteiger partial charge on any atom is 0.165 e. The summed E-state index contributed by atoms with van der Waals surface area (Å²) < 4.78 is 18.8. The molecule has 2 rings (SSSR count). The Hall–Kier alpha value is -1.61. The molecule has 4 heteroatoms. The fourth-order valence-electron chi connectivity index (χ4n) is 1.26. The van der Waals surface area contributed by atoms with Gasteiger partial charge in [-0.15, -0.1) is 0 Å². The zero-order valence-corrected chi connectivity index (χ0v) is 9.33. The Balaban J connectivity index is 2.27. The van der Waals surface area contributed by atoms with E-state index in [1.807, 2.05) is 6.92 Å². The number of hydrogen-bond donors (Lipinski definition) is 0. The fourth-order valence-corrected chi connectivity index (χ4v) is 1.43. The van der Waals surface area contributed by atoms with Gasteiger partial charge in [0.25, 0.3) is 0 Å². The predicted molar refractivity (Wildman–Crippen MR) is 60.5 cm³/mol. The molecule has 0 fully saturated rings. The van der Waals surface area contributed by atoms with Crippen molar-refractivity contribution in [1.82, 2.24) is 4.98 Å². The minimum absolute atomic E-state index is 0.174. The minimum Gasteiger partial charge on any atom is -0.454 e. The molecular formula is C12H9ClFNO. The van der Waals surface area contributed by atoms with E-state index in [0.29, 0.717) is 10.9 Å². The van der Waals surface area contributed by atoms with Gasteiger partial charge in [-0.05, 0) is 30.7 Å². The summed E-state index contributed by atoms with van der Waals surface area (Å²) in [6.07, 6.45) is 1.50. The highest BCUT2D eigenvalue weighted by Gasteiger charge is 2.05. The molecule has 2 nitrogen and oxygen atoms in total. The van der Waals surface area contributed by atoms with Crippen LogP contribution in [0.25, 0.3) is 0 Å². The third kappa shape index (κ3) is 2.49. The van der Waals surface area contributed by atoms with E-state index < -0.39 is 5.82 Å². The molecule has 2 aromatic rings. The first-order chi connectivity index (χ1) is 7.65. The van der Waals surface area contributed by atoms with Crippen molar-refractivity contribution in [3.63, 3.8) is 0 Å². The van der Waals surface area contributed by atoms with E-state index in [0.717, 1.165) is 5.56 Å². The second-order valence-corrected chi connectivity index (χ2v) is 3.74. The molecule has 0 N–H and O–H groups in total. The molecule has 1 heterocycles. The molecule has 0 aliphatic heterocycles. The zero-order chi connectivity index (χ0) is 11.5. The predicted octanol–water partition coefficient (Wildman–Crippen LogP) is 3.97. The Morgan fingerprint density at radius 1 is 1.25 bits per heavy atom. The number of rotatable bonds is 2. The number of ether oxygens (including phenoxy) is 1. The van der Waals surface area contributed by atoms with Gasteiger partial charge in [0.05, 0.1) is 0 Å². The van der Waals surface area contributed by atoms with Crippen LogP contribution in [-0.4, -0.2) is 4.98 Å². The van der Waals surface area contributed by atoms with Crippen molar-refractivity contribution in [2.45, 2.75) is 6.92 Å². The summed E-state index contributed by atoms with van der Waals surface area (Å²) in [7, 11) is 0. The molecule has 0 aliphatic carbocycles. The van der Waals surface area contributed by atoms with E-state index in [-0.39, 0.29) is 5.75 Å². The lowest BCUT2D eigenvalue weighted by atomic mass is 10.2. The van der Waals surface area contributed by atoms with E-state index >= 15 is 0 Å². The molecule has 0 bridgehead atoms. The second-order valence-electron chi connectivity index (χ2n) is 3.35. The van der Waals surface area contributed by atoms with Crippen LogP contribution < -0.4 is 4.74 Å². The van der Waals surface area contributed by atoms with Crippen LogP contribution in [0.1, 0.15) is 5.56 Å². The van der Waals surface area contributed by atoms with Crippen LogP contribution in [-0.2, 0) is 0 Å². The van der Waals surface area contributed by atoms with Crippen molar-refractivity contribution in [3.8, 4) is 11.5 Å². The quantitative estimate of drug-likeness (QED) is 0.738. The summed E-state index contributed by atoms with van der Waals surface area (Å²) in [5.74, 6) is 0.239. The molecule has 16 heavy (non-hydrogen) atoms. The Kier molecular flexibility index (Phi) is 3.06. The monoisotopic (exact) mass is 237 g/mol. The molecule has 1 aromatic carbocycles. The van der Waals surface area contributed by atoms with Gasteiger partial charge >= 0.3 is 0 Å². The lowest BCUT2D eigenvalue weighted by molar-refractivity contribution is 0.441. The van der Waals surface area contributed by atoms with Crippen molar-refractivity contribution in [2.24, 2.45) is 0 Å². The molecule has 0 atom stereocenters. The Morgan fingerprint density at radius 3 is 2.75 bits per heavy atom. The topological polar surface area (TPSA) is 22.1 Å².